The average Bonchev–Trinajstić information content (AvgIpc) is 2.50. The van der Waals surface area contributed by atoms with E-state index in [2.05, 4.69) is 15.9 Å². The molecular weight excluding hydrogens is 372 g/mol. The quantitative estimate of drug-likeness (QED) is 0.432. The summed E-state index contributed by atoms with van der Waals surface area (Å²) in [7, 11) is 0. The highest BCUT2D eigenvalue weighted by molar-refractivity contribution is 9.10. The lowest BCUT2D eigenvalue weighted by molar-refractivity contribution is 0.0727. The maximum atomic E-state index is 12.3. The molecule has 2 aromatic rings. The van der Waals surface area contributed by atoms with Gasteiger partial charge in [-0.05, 0) is 47.1 Å². The van der Waals surface area contributed by atoms with E-state index in [0.717, 1.165) is 0 Å². The highest BCUT2D eigenvalue weighted by Gasteiger charge is 2.18. The molecule has 0 aliphatic rings. The van der Waals surface area contributed by atoms with Crippen LogP contribution in [0.15, 0.2) is 40.9 Å². The van der Waals surface area contributed by atoms with Gasteiger partial charge in [-0.3, -0.25) is 4.79 Å². The first-order valence-corrected chi connectivity index (χ1v) is 7.62. The summed E-state index contributed by atoms with van der Waals surface area (Å²) < 4.78 is 11.4. The number of esters is 1. The van der Waals surface area contributed by atoms with E-state index < -0.39 is 5.97 Å². The molecule has 0 bridgehead atoms. The Bertz CT molecular complexity index is 715. The largest absolute Gasteiger partial charge is 0.490 e. The van der Waals surface area contributed by atoms with E-state index in [-0.39, 0.29) is 16.5 Å². The minimum Gasteiger partial charge on any atom is -0.490 e. The Hall–Kier alpha value is -1.85. The van der Waals surface area contributed by atoms with Crippen molar-refractivity contribution in [2.24, 2.45) is 0 Å². The van der Waals surface area contributed by atoms with Gasteiger partial charge in [0.05, 0.1) is 17.2 Å². The molecule has 0 saturated carbocycles. The summed E-state index contributed by atoms with van der Waals surface area (Å²) in [6.07, 6.45) is 0.647. The van der Waals surface area contributed by atoms with Crippen molar-refractivity contribution in [2.45, 2.75) is 6.92 Å². The van der Waals surface area contributed by atoms with Gasteiger partial charge in [-0.15, -0.1) is 0 Å². The minimum absolute atomic E-state index is 0.0925. The number of halogens is 2. The standard InChI is InChI=1S/C16H12BrClO4/c1-2-21-14-8-10(9-19)7-13(18)15(14)22-16(20)11-5-3-4-6-12(11)17/h3-9H,2H2,1H3. The van der Waals surface area contributed by atoms with Gasteiger partial charge in [0.25, 0.3) is 0 Å². The minimum atomic E-state index is -0.575. The molecule has 114 valence electrons. The SMILES string of the molecule is CCOc1cc(C=O)cc(Cl)c1OC(=O)c1ccccc1Br. The number of ether oxygens (including phenoxy) is 2. The van der Waals surface area contributed by atoms with E-state index in [9.17, 15) is 9.59 Å². The second kappa shape index (κ2) is 7.42. The number of hydrogen-bond donors (Lipinski definition) is 0. The topological polar surface area (TPSA) is 52.6 Å². The third-order valence-corrected chi connectivity index (χ3v) is 3.73. The lowest BCUT2D eigenvalue weighted by Gasteiger charge is -2.13. The van der Waals surface area contributed by atoms with Crippen molar-refractivity contribution in [3.63, 3.8) is 0 Å². The van der Waals surface area contributed by atoms with Gasteiger partial charge < -0.3 is 9.47 Å². The van der Waals surface area contributed by atoms with Crippen LogP contribution in [0.3, 0.4) is 0 Å². The molecule has 6 heteroatoms. The molecule has 0 radical (unpaired) electrons. The second-order valence-corrected chi connectivity index (χ2v) is 5.51. The Balaban J connectivity index is 2.38. The normalized spacial score (nSPS) is 10.1. The zero-order valence-corrected chi connectivity index (χ0v) is 14.0. The molecule has 22 heavy (non-hydrogen) atoms. The van der Waals surface area contributed by atoms with Crippen LogP contribution in [0.1, 0.15) is 27.6 Å². The van der Waals surface area contributed by atoms with Crippen LogP contribution in [-0.2, 0) is 0 Å². The summed E-state index contributed by atoms with van der Waals surface area (Å²) in [6.45, 7) is 2.12. The van der Waals surface area contributed by atoms with Crippen LogP contribution in [0.25, 0.3) is 0 Å². The van der Waals surface area contributed by atoms with E-state index in [1.165, 1.54) is 12.1 Å². The highest BCUT2D eigenvalue weighted by Crippen LogP contribution is 2.37. The number of benzene rings is 2. The maximum absolute atomic E-state index is 12.3. The van der Waals surface area contributed by atoms with Crippen LogP contribution in [0.2, 0.25) is 5.02 Å². The number of carbonyl (C=O) groups is 2. The van der Waals surface area contributed by atoms with Crippen molar-refractivity contribution in [3.8, 4) is 11.5 Å². The van der Waals surface area contributed by atoms with Crippen LogP contribution in [0.5, 0.6) is 11.5 Å². The lowest BCUT2D eigenvalue weighted by Crippen LogP contribution is -2.11. The Kier molecular flexibility index (Phi) is 5.57. The molecule has 0 aliphatic heterocycles. The first-order valence-electron chi connectivity index (χ1n) is 6.45. The van der Waals surface area contributed by atoms with Crippen molar-refractivity contribution in [3.05, 3.63) is 57.0 Å². The predicted octanol–water partition coefficient (Wildman–Crippen LogP) is 4.53. The summed E-state index contributed by atoms with van der Waals surface area (Å²) >= 11 is 9.38. The van der Waals surface area contributed by atoms with E-state index >= 15 is 0 Å². The lowest BCUT2D eigenvalue weighted by atomic mass is 10.2. The molecule has 0 fully saturated rings. The van der Waals surface area contributed by atoms with E-state index in [1.54, 1.807) is 31.2 Å². The molecule has 0 unspecified atom stereocenters. The van der Waals surface area contributed by atoms with Crippen molar-refractivity contribution >= 4 is 39.8 Å². The Morgan fingerprint density at radius 1 is 1.32 bits per heavy atom. The smallest absolute Gasteiger partial charge is 0.344 e. The van der Waals surface area contributed by atoms with Crippen molar-refractivity contribution in [2.75, 3.05) is 6.61 Å². The second-order valence-electron chi connectivity index (χ2n) is 4.25. The molecule has 0 heterocycles. The molecule has 0 saturated heterocycles. The summed E-state index contributed by atoms with van der Waals surface area (Å²) in [5.74, 6) is -0.235. The van der Waals surface area contributed by atoms with Crippen LogP contribution in [0, 0.1) is 0 Å². The van der Waals surface area contributed by atoms with Crippen LogP contribution in [-0.4, -0.2) is 18.9 Å². The first kappa shape index (κ1) is 16.5. The molecule has 0 N–H and O–H groups in total. The molecule has 4 nitrogen and oxygen atoms in total. The van der Waals surface area contributed by atoms with Gasteiger partial charge in [0.1, 0.15) is 6.29 Å². The molecular formula is C16H12BrClO4. The monoisotopic (exact) mass is 382 g/mol. The first-order chi connectivity index (χ1) is 10.6. The summed E-state index contributed by atoms with van der Waals surface area (Å²) in [6, 6.07) is 9.77. The number of carbonyl (C=O) groups excluding carboxylic acids is 2. The number of hydrogen-bond acceptors (Lipinski definition) is 4. The fourth-order valence-corrected chi connectivity index (χ4v) is 2.50. The molecule has 2 rings (SSSR count). The van der Waals surface area contributed by atoms with E-state index in [0.29, 0.717) is 28.5 Å². The molecule has 0 aromatic heterocycles. The van der Waals surface area contributed by atoms with Gasteiger partial charge in [-0.2, -0.15) is 0 Å². The Morgan fingerprint density at radius 3 is 2.68 bits per heavy atom. The Morgan fingerprint density at radius 2 is 2.05 bits per heavy atom. The predicted molar refractivity (Wildman–Crippen MR) is 87.1 cm³/mol. The summed E-state index contributed by atoms with van der Waals surface area (Å²) in [5, 5.41) is 0.133. The van der Waals surface area contributed by atoms with Gasteiger partial charge in [0, 0.05) is 10.0 Å². The number of rotatable bonds is 5. The Labute approximate surface area is 141 Å². The molecule has 0 spiro atoms. The maximum Gasteiger partial charge on any atom is 0.344 e. The van der Waals surface area contributed by atoms with Crippen molar-refractivity contribution < 1.29 is 19.1 Å². The van der Waals surface area contributed by atoms with Crippen molar-refractivity contribution in [1.29, 1.82) is 0 Å². The fraction of sp³-hybridized carbons (Fsp3) is 0.125. The average molecular weight is 384 g/mol. The highest BCUT2D eigenvalue weighted by atomic mass is 79.9. The molecule has 0 aliphatic carbocycles. The van der Waals surface area contributed by atoms with Gasteiger partial charge in [-0.25, -0.2) is 4.79 Å². The molecule has 2 aromatic carbocycles. The summed E-state index contributed by atoms with van der Waals surface area (Å²) in [4.78, 5) is 23.1. The van der Waals surface area contributed by atoms with E-state index in [1.807, 2.05) is 0 Å². The zero-order chi connectivity index (χ0) is 16.1. The van der Waals surface area contributed by atoms with Crippen LogP contribution >= 0.6 is 27.5 Å². The van der Waals surface area contributed by atoms with Crippen molar-refractivity contribution in [1.82, 2.24) is 0 Å². The third kappa shape index (κ3) is 3.67. The van der Waals surface area contributed by atoms with Gasteiger partial charge in [0.2, 0.25) is 0 Å². The molecule has 0 amide bonds. The summed E-state index contributed by atoms with van der Waals surface area (Å²) in [5.41, 5.74) is 0.703. The molecule has 0 atom stereocenters. The van der Waals surface area contributed by atoms with Crippen LogP contribution < -0.4 is 9.47 Å². The third-order valence-electron chi connectivity index (χ3n) is 2.76. The van der Waals surface area contributed by atoms with Gasteiger partial charge in [0.15, 0.2) is 11.5 Å². The fourth-order valence-electron chi connectivity index (χ4n) is 1.79. The van der Waals surface area contributed by atoms with Gasteiger partial charge in [-0.1, -0.05) is 23.7 Å². The number of aldehydes is 1. The van der Waals surface area contributed by atoms with Crippen LogP contribution in [0.4, 0.5) is 0 Å². The zero-order valence-electron chi connectivity index (χ0n) is 11.6. The van der Waals surface area contributed by atoms with Gasteiger partial charge >= 0.3 is 5.97 Å². The van der Waals surface area contributed by atoms with E-state index in [4.69, 9.17) is 21.1 Å².